The second-order valence-corrected chi connectivity index (χ2v) is 6.57. The molecule has 2 heterocycles. The first kappa shape index (κ1) is 16.7. The van der Waals surface area contributed by atoms with Gasteiger partial charge in [-0.15, -0.1) is 0 Å². The summed E-state index contributed by atoms with van der Waals surface area (Å²) < 4.78 is 11.0. The lowest BCUT2D eigenvalue weighted by Crippen LogP contribution is -2.36. The number of rotatable bonds is 4. The van der Waals surface area contributed by atoms with Crippen molar-refractivity contribution in [3.63, 3.8) is 0 Å². The zero-order valence-corrected chi connectivity index (χ0v) is 14.8. The van der Waals surface area contributed by atoms with Gasteiger partial charge < -0.3 is 19.4 Å². The van der Waals surface area contributed by atoms with Crippen molar-refractivity contribution in [1.82, 2.24) is 0 Å². The summed E-state index contributed by atoms with van der Waals surface area (Å²) in [6, 6.07) is 17.3. The molecule has 0 saturated carbocycles. The molecule has 1 amide bonds. The van der Waals surface area contributed by atoms with Gasteiger partial charge in [0.1, 0.15) is 5.58 Å². The third kappa shape index (κ3) is 3.44. The molecule has 1 N–H and O–H groups in total. The van der Waals surface area contributed by atoms with E-state index in [0.717, 1.165) is 37.0 Å². The Morgan fingerprint density at radius 3 is 2.54 bits per heavy atom. The van der Waals surface area contributed by atoms with Crippen molar-refractivity contribution < 1.29 is 13.9 Å². The number of furan rings is 1. The summed E-state index contributed by atoms with van der Waals surface area (Å²) in [5.74, 6) is 0.0757. The van der Waals surface area contributed by atoms with Crippen LogP contribution in [0.2, 0.25) is 0 Å². The van der Waals surface area contributed by atoms with Gasteiger partial charge in [-0.3, -0.25) is 4.79 Å². The number of fused-ring (bicyclic) bond motifs is 1. The Morgan fingerprint density at radius 2 is 1.85 bits per heavy atom. The molecular weight excluding hydrogens is 328 g/mol. The Labute approximate surface area is 152 Å². The van der Waals surface area contributed by atoms with Crippen molar-refractivity contribution in [3.05, 3.63) is 60.4 Å². The molecule has 1 aliphatic rings. The minimum Gasteiger partial charge on any atom is -0.451 e. The number of carbonyl (C=O) groups is 1. The Kier molecular flexibility index (Phi) is 4.63. The Balaban J connectivity index is 1.41. The van der Waals surface area contributed by atoms with Crippen LogP contribution in [0.15, 0.2) is 59.0 Å². The molecule has 0 atom stereocenters. The number of hydrogen-bond acceptors (Lipinski definition) is 4. The summed E-state index contributed by atoms with van der Waals surface area (Å²) in [7, 11) is 1.78. The predicted octanol–water partition coefficient (Wildman–Crippen LogP) is 4.30. The van der Waals surface area contributed by atoms with Crippen molar-refractivity contribution >= 4 is 28.3 Å². The summed E-state index contributed by atoms with van der Waals surface area (Å²) in [5, 5.41) is 3.82. The molecule has 0 bridgehead atoms. The minimum absolute atomic E-state index is 0.241. The molecule has 1 saturated heterocycles. The average molecular weight is 350 g/mol. The first-order valence-electron chi connectivity index (χ1n) is 8.90. The van der Waals surface area contributed by atoms with Crippen LogP contribution in [0, 0.1) is 0 Å². The molecule has 1 fully saturated rings. The molecule has 26 heavy (non-hydrogen) atoms. The van der Waals surface area contributed by atoms with Crippen molar-refractivity contribution in [1.29, 1.82) is 0 Å². The van der Waals surface area contributed by atoms with Gasteiger partial charge in [-0.25, -0.2) is 0 Å². The Morgan fingerprint density at radius 1 is 1.12 bits per heavy atom. The number of piperidine rings is 1. The van der Waals surface area contributed by atoms with Gasteiger partial charge in [-0.1, -0.05) is 18.2 Å². The van der Waals surface area contributed by atoms with E-state index in [4.69, 9.17) is 9.15 Å². The van der Waals surface area contributed by atoms with E-state index in [9.17, 15) is 4.79 Å². The molecule has 2 aromatic carbocycles. The van der Waals surface area contributed by atoms with E-state index < -0.39 is 0 Å². The summed E-state index contributed by atoms with van der Waals surface area (Å²) in [5.41, 5.74) is 2.64. The molecule has 0 unspecified atom stereocenters. The number of nitrogens with one attached hydrogen (secondary N) is 1. The number of ether oxygens (including phenoxy) is 1. The highest BCUT2D eigenvalue weighted by atomic mass is 16.5. The topological polar surface area (TPSA) is 54.7 Å². The third-order valence-electron chi connectivity index (χ3n) is 4.91. The fourth-order valence-electron chi connectivity index (χ4n) is 3.39. The molecule has 5 nitrogen and oxygen atoms in total. The molecule has 1 aliphatic heterocycles. The van der Waals surface area contributed by atoms with Crippen LogP contribution in [-0.2, 0) is 4.74 Å². The van der Waals surface area contributed by atoms with Crippen LogP contribution in [0.5, 0.6) is 0 Å². The smallest absolute Gasteiger partial charge is 0.291 e. The Bertz CT molecular complexity index is 860. The fraction of sp³-hybridized carbons (Fsp3) is 0.286. The second kappa shape index (κ2) is 7.22. The zero-order valence-electron chi connectivity index (χ0n) is 14.8. The highest BCUT2D eigenvalue weighted by Crippen LogP contribution is 2.24. The molecule has 4 rings (SSSR count). The highest BCUT2D eigenvalue weighted by Gasteiger charge is 2.19. The van der Waals surface area contributed by atoms with E-state index in [2.05, 4.69) is 10.2 Å². The van der Waals surface area contributed by atoms with Gasteiger partial charge in [0, 0.05) is 37.0 Å². The van der Waals surface area contributed by atoms with E-state index in [1.54, 1.807) is 13.2 Å². The number of anilines is 2. The molecule has 3 aromatic rings. The average Bonchev–Trinajstić information content (AvgIpc) is 3.13. The third-order valence-corrected chi connectivity index (χ3v) is 4.91. The van der Waals surface area contributed by atoms with Gasteiger partial charge in [0.05, 0.1) is 6.10 Å². The zero-order chi connectivity index (χ0) is 17.9. The second-order valence-electron chi connectivity index (χ2n) is 6.57. The van der Waals surface area contributed by atoms with Crippen molar-refractivity contribution in [3.8, 4) is 0 Å². The van der Waals surface area contributed by atoms with E-state index in [-0.39, 0.29) is 5.91 Å². The molecule has 0 radical (unpaired) electrons. The number of nitrogens with zero attached hydrogens (tertiary/aromatic N) is 1. The van der Waals surface area contributed by atoms with E-state index in [1.807, 2.05) is 48.5 Å². The molecule has 0 spiro atoms. The van der Waals surface area contributed by atoms with Gasteiger partial charge >= 0.3 is 0 Å². The van der Waals surface area contributed by atoms with Crippen LogP contribution in [-0.4, -0.2) is 32.2 Å². The SMILES string of the molecule is COC1CCN(c2ccc(NC(=O)c3cc4ccccc4o3)cc2)CC1. The number of hydrogen-bond donors (Lipinski definition) is 1. The van der Waals surface area contributed by atoms with Crippen LogP contribution < -0.4 is 10.2 Å². The molecule has 134 valence electrons. The van der Waals surface area contributed by atoms with Crippen LogP contribution in [0.3, 0.4) is 0 Å². The summed E-state index contributed by atoms with van der Waals surface area (Å²) in [4.78, 5) is 14.8. The summed E-state index contributed by atoms with van der Waals surface area (Å²) in [6.45, 7) is 1.98. The minimum atomic E-state index is -0.241. The maximum Gasteiger partial charge on any atom is 0.291 e. The van der Waals surface area contributed by atoms with E-state index in [1.165, 1.54) is 5.69 Å². The molecule has 1 aromatic heterocycles. The van der Waals surface area contributed by atoms with Gasteiger partial charge in [0.25, 0.3) is 5.91 Å². The van der Waals surface area contributed by atoms with Gasteiger partial charge in [-0.2, -0.15) is 0 Å². The first-order chi connectivity index (χ1) is 12.7. The van der Waals surface area contributed by atoms with Crippen molar-refractivity contribution in [2.24, 2.45) is 0 Å². The number of para-hydroxylation sites is 1. The van der Waals surface area contributed by atoms with Crippen molar-refractivity contribution in [2.45, 2.75) is 18.9 Å². The van der Waals surface area contributed by atoms with Gasteiger partial charge in [-0.05, 0) is 49.2 Å². The quantitative estimate of drug-likeness (QED) is 0.762. The van der Waals surface area contributed by atoms with Gasteiger partial charge in [0.2, 0.25) is 0 Å². The fourth-order valence-corrected chi connectivity index (χ4v) is 3.39. The molecule has 5 heteroatoms. The lowest BCUT2D eigenvalue weighted by Gasteiger charge is -2.33. The lowest BCUT2D eigenvalue weighted by molar-refractivity contribution is 0.0819. The number of methoxy groups -OCH3 is 1. The maximum atomic E-state index is 12.4. The first-order valence-corrected chi connectivity index (χ1v) is 8.90. The van der Waals surface area contributed by atoms with Crippen LogP contribution in [0.1, 0.15) is 23.4 Å². The van der Waals surface area contributed by atoms with Crippen LogP contribution in [0.25, 0.3) is 11.0 Å². The largest absolute Gasteiger partial charge is 0.451 e. The number of benzene rings is 2. The highest BCUT2D eigenvalue weighted by molar-refractivity contribution is 6.04. The van der Waals surface area contributed by atoms with E-state index >= 15 is 0 Å². The van der Waals surface area contributed by atoms with Crippen molar-refractivity contribution in [2.75, 3.05) is 30.4 Å². The van der Waals surface area contributed by atoms with Gasteiger partial charge in [0.15, 0.2) is 5.76 Å². The monoisotopic (exact) mass is 350 g/mol. The van der Waals surface area contributed by atoms with E-state index in [0.29, 0.717) is 17.4 Å². The van der Waals surface area contributed by atoms with Crippen LogP contribution >= 0.6 is 0 Å². The maximum absolute atomic E-state index is 12.4. The summed E-state index contributed by atoms with van der Waals surface area (Å²) >= 11 is 0. The lowest BCUT2D eigenvalue weighted by atomic mass is 10.1. The molecule has 0 aliphatic carbocycles. The summed E-state index contributed by atoms with van der Waals surface area (Å²) in [6.07, 6.45) is 2.45. The number of carbonyl (C=O) groups excluding carboxylic acids is 1. The molecular formula is C21H22N2O3. The normalized spacial score (nSPS) is 15.3. The predicted molar refractivity (Wildman–Crippen MR) is 103 cm³/mol. The Hall–Kier alpha value is -2.79. The standard InChI is InChI=1S/C21H22N2O3/c1-25-18-10-12-23(13-11-18)17-8-6-16(7-9-17)22-21(24)20-14-15-4-2-3-5-19(15)26-20/h2-9,14,18H,10-13H2,1H3,(H,22,24). The van der Waals surface area contributed by atoms with Crippen LogP contribution in [0.4, 0.5) is 11.4 Å². The number of amides is 1.